The van der Waals surface area contributed by atoms with E-state index in [2.05, 4.69) is 24.3 Å². The van der Waals surface area contributed by atoms with E-state index in [4.69, 9.17) is 9.47 Å². The fourth-order valence-corrected chi connectivity index (χ4v) is 1.80. The summed E-state index contributed by atoms with van der Waals surface area (Å²) in [6, 6.07) is 16.2. The molecule has 0 heterocycles. The monoisotopic (exact) mass is 226 g/mol. The van der Waals surface area contributed by atoms with Gasteiger partial charge >= 0.3 is 0 Å². The smallest absolute Gasteiger partial charge is 0.192 e. The number of rotatable bonds is 4. The molecule has 0 radical (unpaired) electrons. The number of methoxy groups -OCH3 is 2. The molecule has 0 atom stereocenters. The third-order valence-electron chi connectivity index (χ3n) is 2.68. The second-order valence-corrected chi connectivity index (χ2v) is 3.88. The van der Waals surface area contributed by atoms with E-state index in [1.165, 1.54) is 10.9 Å². The van der Waals surface area contributed by atoms with E-state index in [0.29, 0.717) is 0 Å². The molecule has 2 aromatic rings. The maximum absolute atomic E-state index is 5.21. The van der Waals surface area contributed by atoms with Crippen molar-refractivity contribution in [3.05, 3.63) is 48.5 Å². The Morgan fingerprint density at radius 1 is 0.765 bits per heavy atom. The normalized spacial score (nSPS) is 9.76. The van der Waals surface area contributed by atoms with Crippen LogP contribution in [0.2, 0.25) is 0 Å². The molecule has 0 amide bonds. The molecule has 86 valence electrons. The fraction of sp³-hybridized carbons (Fsp3) is 0.143. The Balaban J connectivity index is 2.18. The van der Waals surface area contributed by atoms with Crippen LogP contribution in [0.4, 0.5) is 0 Å². The average Bonchev–Trinajstić information content (AvgIpc) is 2.39. The molecule has 0 aromatic heterocycles. The molecule has 0 aliphatic heterocycles. The second-order valence-electron chi connectivity index (χ2n) is 3.88. The summed E-state index contributed by atoms with van der Waals surface area (Å²) in [4.78, 5) is 0. The zero-order valence-corrected chi connectivity index (χ0v) is 10.1. The predicted molar refractivity (Wildman–Crippen MR) is 72.4 cm³/mol. The van der Waals surface area contributed by atoms with Gasteiger partial charge in [0.15, 0.2) is 7.28 Å². The van der Waals surface area contributed by atoms with Crippen molar-refractivity contribution in [2.24, 2.45) is 0 Å². The largest absolute Gasteiger partial charge is 0.497 e. The van der Waals surface area contributed by atoms with Crippen LogP contribution in [0.15, 0.2) is 48.5 Å². The van der Waals surface area contributed by atoms with Crippen LogP contribution in [0.3, 0.4) is 0 Å². The Labute approximate surface area is 102 Å². The summed E-state index contributed by atoms with van der Waals surface area (Å²) >= 11 is 0. The van der Waals surface area contributed by atoms with Gasteiger partial charge in [-0.25, -0.2) is 0 Å². The van der Waals surface area contributed by atoms with Gasteiger partial charge < -0.3 is 9.47 Å². The second kappa shape index (κ2) is 5.44. The van der Waals surface area contributed by atoms with Gasteiger partial charge in [0.2, 0.25) is 0 Å². The molecule has 0 saturated heterocycles. The first-order chi connectivity index (χ1) is 8.31. The summed E-state index contributed by atoms with van der Waals surface area (Å²) in [6.45, 7) is 0. The van der Waals surface area contributed by atoms with Gasteiger partial charge in [0, 0.05) is 0 Å². The summed E-state index contributed by atoms with van der Waals surface area (Å²) in [7, 11) is 4.25. The number of ether oxygens (including phenoxy) is 2. The maximum Gasteiger partial charge on any atom is 0.192 e. The predicted octanol–water partition coefficient (Wildman–Crippen LogP) is 1.09. The minimum Gasteiger partial charge on any atom is -0.497 e. The summed E-state index contributed by atoms with van der Waals surface area (Å²) in [5.74, 6) is 1.79. The van der Waals surface area contributed by atoms with Gasteiger partial charge in [-0.1, -0.05) is 35.2 Å². The van der Waals surface area contributed by atoms with Crippen molar-refractivity contribution < 1.29 is 9.47 Å². The van der Waals surface area contributed by atoms with Gasteiger partial charge in [-0.2, -0.15) is 0 Å². The first-order valence-electron chi connectivity index (χ1n) is 5.57. The molecule has 0 aliphatic rings. The van der Waals surface area contributed by atoms with E-state index in [9.17, 15) is 0 Å². The lowest BCUT2D eigenvalue weighted by Gasteiger charge is -2.05. The Kier molecular flexibility index (Phi) is 3.71. The van der Waals surface area contributed by atoms with Gasteiger partial charge in [-0.3, -0.25) is 0 Å². The van der Waals surface area contributed by atoms with Gasteiger partial charge in [0.05, 0.1) is 14.2 Å². The lowest BCUT2D eigenvalue weighted by atomic mass is 9.64. The van der Waals surface area contributed by atoms with Crippen LogP contribution in [0.25, 0.3) is 0 Å². The Hall–Kier alpha value is -1.90. The molecule has 0 unspecified atom stereocenters. The van der Waals surface area contributed by atoms with E-state index in [0.717, 1.165) is 18.8 Å². The molecule has 0 fully saturated rings. The Morgan fingerprint density at radius 3 is 1.65 bits per heavy atom. The highest BCUT2D eigenvalue weighted by atomic mass is 16.5. The molecular formula is C14H15BO2. The van der Waals surface area contributed by atoms with Crippen LogP contribution in [0.5, 0.6) is 11.5 Å². The highest BCUT2D eigenvalue weighted by molar-refractivity contribution is 6.67. The topological polar surface area (TPSA) is 18.5 Å². The Morgan fingerprint density at radius 2 is 1.24 bits per heavy atom. The highest BCUT2D eigenvalue weighted by Gasteiger charge is 2.01. The van der Waals surface area contributed by atoms with Crippen LogP contribution in [-0.2, 0) is 0 Å². The van der Waals surface area contributed by atoms with Crippen molar-refractivity contribution in [1.29, 1.82) is 0 Å². The fourth-order valence-electron chi connectivity index (χ4n) is 1.80. The van der Waals surface area contributed by atoms with E-state index in [1.54, 1.807) is 14.2 Å². The van der Waals surface area contributed by atoms with Gasteiger partial charge in [0.1, 0.15) is 11.5 Å². The van der Waals surface area contributed by atoms with E-state index in [-0.39, 0.29) is 0 Å². The number of hydrogen-bond acceptors (Lipinski definition) is 2. The van der Waals surface area contributed by atoms with Gasteiger partial charge in [-0.15, -0.1) is 0 Å². The molecule has 0 saturated carbocycles. The third-order valence-corrected chi connectivity index (χ3v) is 2.68. The number of benzene rings is 2. The van der Waals surface area contributed by atoms with Crippen LogP contribution >= 0.6 is 0 Å². The molecule has 2 aromatic carbocycles. The molecule has 2 rings (SSSR count). The molecule has 0 spiro atoms. The zero-order valence-electron chi connectivity index (χ0n) is 10.1. The molecule has 3 heteroatoms. The van der Waals surface area contributed by atoms with Crippen molar-refractivity contribution in [3.8, 4) is 11.5 Å². The van der Waals surface area contributed by atoms with Gasteiger partial charge in [-0.05, 0) is 24.3 Å². The molecule has 0 N–H and O–H groups in total. The van der Waals surface area contributed by atoms with E-state index < -0.39 is 0 Å². The van der Waals surface area contributed by atoms with Crippen molar-refractivity contribution >= 4 is 18.2 Å². The zero-order chi connectivity index (χ0) is 12.1. The average molecular weight is 226 g/mol. The quantitative estimate of drug-likeness (QED) is 0.726. The lowest BCUT2D eigenvalue weighted by Crippen LogP contribution is -2.26. The van der Waals surface area contributed by atoms with Crippen molar-refractivity contribution in [2.45, 2.75) is 0 Å². The molecule has 0 aliphatic carbocycles. The van der Waals surface area contributed by atoms with E-state index >= 15 is 0 Å². The SMILES string of the molecule is COc1cccc(Bc2cccc(OC)c2)c1. The summed E-state index contributed by atoms with van der Waals surface area (Å²) in [5.41, 5.74) is 2.47. The maximum atomic E-state index is 5.21. The van der Waals surface area contributed by atoms with E-state index in [1.807, 2.05) is 24.3 Å². The van der Waals surface area contributed by atoms with Crippen LogP contribution < -0.4 is 20.4 Å². The first-order valence-corrected chi connectivity index (χ1v) is 5.57. The van der Waals surface area contributed by atoms with Crippen molar-refractivity contribution in [1.82, 2.24) is 0 Å². The molecule has 2 nitrogen and oxygen atoms in total. The minimum atomic E-state index is 0.883. The van der Waals surface area contributed by atoms with Crippen LogP contribution in [-0.4, -0.2) is 21.5 Å². The lowest BCUT2D eigenvalue weighted by molar-refractivity contribution is 0.415. The minimum absolute atomic E-state index is 0.883. The number of hydrogen-bond donors (Lipinski definition) is 0. The van der Waals surface area contributed by atoms with Crippen LogP contribution in [0, 0.1) is 0 Å². The third kappa shape index (κ3) is 3.03. The van der Waals surface area contributed by atoms with Crippen molar-refractivity contribution in [2.75, 3.05) is 14.2 Å². The van der Waals surface area contributed by atoms with Crippen molar-refractivity contribution in [3.63, 3.8) is 0 Å². The summed E-state index contributed by atoms with van der Waals surface area (Å²) in [5, 5.41) is 0. The summed E-state index contributed by atoms with van der Waals surface area (Å²) in [6.07, 6.45) is 0. The summed E-state index contributed by atoms with van der Waals surface area (Å²) < 4.78 is 10.4. The highest BCUT2D eigenvalue weighted by Crippen LogP contribution is 2.07. The Bertz CT molecular complexity index is 452. The molecule has 0 bridgehead atoms. The first kappa shape index (κ1) is 11.6. The standard InChI is InChI=1S/C14H15BO2/c1-16-13-7-3-5-11(9-13)15-12-6-4-8-14(10-12)17-2/h3-10,15H,1-2H3. The molecular weight excluding hydrogens is 211 g/mol. The molecule has 17 heavy (non-hydrogen) atoms. The van der Waals surface area contributed by atoms with Gasteiger partial charge in [0.25, 0.3) is 0 Å². The van der Waals surface area contributed by atoms with Crippen LogP contribution in [0.1, 0.15) is 0 Å².